The van der Waals surface area contributed by atoms with Crippen molar-refractivity contribution in [1.82, 2.24) is 9.80 Å². The number of benzene rings is 3. The Morgan fingerprint density at radius 1 is 0.944 bits per heavy atom. The summed E-state index contributed by atoms with van der Waals surface area (Å²) in [5.41, 5.74) is 4.67. The summed E-state index contributed by atoms with van der Waals surface area (Å²) < 4.78 is 18.0. The second-order valence-corrected chi connectivity index (χ2v) is 9.43. The van der Waals surface area contributed by atoms with Crippen molar-refractivity contribution in [3.05, 3.63) is 89.5 Å². The molecule has 5 rings (SSSR count). The van der Waals surface area contributed by atoms with Gasteiger partial charge in [-0.05, 0) is 41.0 Å². The molecule has 2 aliphatic rings. The molecule has 3 aromatic rings. The summed E-state index contributed by atoms with van der Waals surface area (Å²) in [6.45, 7) is 1.73. The summed E-state index contributed by atoms with van der Waals surface area (Å²) in [6.07, 6.45) is 0.847. The van der Waals surface area contributed by atoms with E-state index in [0.717, 1.165) is 28.0 Å². The summed E-state index contributed by atoms with van der Waals surface area (Å²) in [6, 6.07) is 23.3. The Morgan fingerprint density at radius 2 is 1.64 bits per heavy atom. The van der Waals surface area contributed by atoms with Gasteiger partial charge >= 0.3 is 6.09 Å². The molecule has 0 bridgehead atoms. The van der Waals surface area contributed by atoms with Gasteiger partial charge in [0.1, 0.15) is 12.4 Å². The van der Waals surface area contributed by atoms with Crippen LogP contribution in [0.5, 0.6) is 5.75 Å². The lowest BCUT2D eigenvalue weighted by Gasteiger charge is -2.43. The molecule has 3 aromatic carbocycles. The van der Waals surface area contributed by atoms with Gasteiger partial charge < -0.3 is 24.0 Å². The quantitative estimate of drug-likeness (QED) is 0.514. The number of hydrogen-bond donors (Lipinski definition) is 0. The number of amides is 2. The van der Waals surface area contributed by atoms with Gasteiger partial charge in [0.25, 0.3) is 5.91 Å². The third-order valence-electron chi connectivity index (χ3n) is 6.71. The zero-order valence-corrected chi connectivity index (χ0v) is 20.6. The average molecular weight is 487 g/mol. The molecule has 1 saturated heterocycles. The van der Waals surface area contributed by atoms with Crippen LogP contribution in [-0.2, 0) is 22.7 Å². The van der Waals surface area contributed by atoms with Crippen molar-refractivity contribution in [3.8, 4) is 16.9 Å². The molecule has 186 valence electrons. The van der Waals surface area contributed by atoms with Crippen LogP contribution < -0.4 is 4.74 Å². The van der Waals surface area contributed by atoms with Crippen LogP contribution in [0, 0.1) is 0 Å². The molecule has 2 heterocycles. The fraction of sp³-hybridized carbons (Fsp3) is 0.310. The second-order valence-electron chi connectivity index (χ2n) is 9.43. The number of nitrogens with zero attached hydrogens (tertiary/aromatic N) is 2. The van der Waals surface area contributed by atoms with Gasteiger partial charge in [0, 0.05) is 51.2 Å². The minimum atomic E-state index is -0.723. The summed E-state index contributed by atoms with van der Waals surface area (Å²) in [5.74, 6) is 0.0675. The van der Waals surface area contributed by atoms with E-state index in [9.17, 15) is 9.59 Å². The van der Waals surface area contributed by atoms with Gasteiger partial charge in [-0.15, -0.1) is 0 Å². The van der Waals surface area contributed by atoms with E-state index in [0.29, 0.717) is 38.1 Å². The first-order valence-corrected chi connectivity index (χ1v) is 12.2. The Morgan fingerprint density at radius 3 is 2.33 bits per heavy atom. The molecule has 2 amide bonds. The van der Waals surface area contributed by atoms with Gasteiger partial charge in [-0.3, -0.25) is 4.79 Å². The second kappa shape index (κ2) is 10.0. The van der Waals surface area contributed by atoms with E-state index >= 15 is 0 Å². The normalized spacial score (nSPS) is 16.1. The van der Waals surface area contributed by atoms with Gasteiger partial charge in [-0.2, -0.15) is 0 Å². The molecule has 1 spiro atoms. The highest BCUT2D eigenvalue weighted by molar-refractivity contribution is 5.94. The largest absolute Gasteiger partial charge is 0.462 e. The maximum absolute atomic E-state index is 12.5. The third kappa shape index (κ3) is 5.06. The minimum Gasteiger partial charge on any atom is -0.462 e. The summed E-state index contributed by atoms with van der Waals surface area (Å²) in [4.78, 5) is 27.9. The Labute approximate surface area is 211 Å². The third-order valence-corrected chi connectivity index (χ3v) is 6.71. The van der Waals surface area contributed by atoms with Crippen LogP contribution in [0.1, 0.15) is 34.3 Å². The molecular formula is C29H30N2O5. The van der Waals surface area contributed by atoms with Gasteiger partial charge in [0.05, 0.1) is 6.61 Å². The van der Waals surface area contributed by atoms with Gasteiger partial charge in [-0.1, -0.05) is 48.5 Å². The fourth-order valence-electron chi connectivity index (χ4n) is 4.56. The van der Waals surface area contributed by atoms with Gasteiger partial charge in [0.15, 0.2) is 0 Å². The van der Waals surface area contributed by atoms with E-state index in [1.807, 2.05) is 66.7 Å². The number of fused-ring (bicyclic) bond motifs is 1. The molecule has 36 heavy (non-hydrogen) atoms. The molecule has 2 aliphatic heterocycles. The standard InChI is InChI=1S/C29H30N2O5/c1-30(2)27(32)23-10-8-22(9-11-23)24-12-13-26-25(18-24)20-35-29(36-26)14-16-31(17-15-29)28(33)34-19-21-6-4-3-5-7-21/h3-13,18H,14-17,19-20H2,1-2H3. The molecule has 7 nitrogen and oxygen atoms in total. The number of piperidine rings is 1. The number of carbonyl (C=O) groups excluding carboxylic acids is 2. The minimum absolute atomic E-state index is 0.0189. The highest BCUT2D eigenvalue weighted by Crippen LogP contribution is 2.39. The predicted molar refractivity (Wildman–Crippen MR) is 135 cm³/mol. The van der Waals surface area contributed by atoms with Gasteiger partial charge in [0.2, 0.25) is 5.79 Å². The zero-order valence-electron chi connectivity index (χ0n) is 20.6. The Balaban J connectivity index is 1.19. The van der Waals surface area contributed by atoms with Crippen molar-refractivity contribution in [3.63, 3.8) is 0 Å². The lowest BCUT2D eigenvalue weighted by molar-refractivity contribution is -0.226. The van der Waals surface area contributed by atoms with Crippen LogP contribution in [-0.4, -0.2) is 54.8 Å². The molecular weight excluding hydrogens is 456 g/mol. The van der Waals surface area contributed by atoms with Crippen molar-refractivity contribution in [2.75, 3.05) is 27.2 Å². The van der Waals surface area contributed by atoms with Crippen molar-refractivity contribution in [2.24, 2.45) is 0 Å². The lowest BCUT2D eigenvalue weighted by atomic mass is 9.98. The van der Waals surface area contributed by atoms with Gasteiger partial charge in [-0.25, -0.2) is 4.79 Å². The zero-order chi connectivity index (χ0) is 25.1. The number of ether oxygens (including phenoxy) is 3. The number of hydrogen-bond acceptors (Lipinski definition) is 5. The monoisotopic (exact) mass is 486 g/mol. The molecule has 0 aliphatic carbocycles. The SMILES string of the molecule is CN(C)C(=O)c1ccc(-c2ccc3c(c2)COC2(CCN(C(=O)OCc4ccccc4)CC2)O3)cc1. The lowest BCUT2D eigenvalue weighted by Crippen LogP contribution is -2.52. The average Bonchev–Trinajstić information content (AvgIpc) is 2.92. The fourth-order valence-corrected chi connectivity index (χ4v) is 4.56. The van der Waals surface area contributed by atoms with E-state index in [1.165, 1.54) is 0 Å². The van der Waals surface area contributed by atoms with E-state index in [2.05, 4.69) is 6.07 Å². The summed E-state index contributed by atoms with van der Waals surface area (Å²) >= 11 is 0. The van der Waals surface area contributed by atoms with Crippen molar-refractivity contribution >= 4 is 12.0 Å². The molecule has 0 atom stereocenters. The van der Waals surface area contributed by atoms with E-state index in [4.69, 9.17) is 14.2 Å². The predicted octanol–water partition coefficient (Wildman–Crippen LogP) is 5.09. The number of carbonyl (C=O) groups is 2. The van der Waals surface area contributed by atoms with Crippen LogP contribution in [0.3, 0.4) is 0 Å². The van der Waals surface area contributed by atoms with Crippen molar-refractivity contribution in [1.29, 1.82) is 0 Å². The molecule has 1 fully saturated rings. The number of likely N-dealkylation sites (tertiary alicyclic amines) is 1. The summed E-state index contributed by atoms with van der Waals surface area (Å²) in [7, 11) is 3.49. The van der Waals surface area contributed by atoms with Crippen LogP contribution >= 0.6 is 0 Å². The maximum atomic E-state index is 12.5. The molecule has 0 unspecified atom stereocenters. The topological polar surface area (TPSA) is 68.3 Å². The molecule has 0 radical (unpaired) electrons. The van der Waals surface area contributed by atoms with Crippen LogP contribution in [0.15, 0.2) is 72.8 Å². The Bertz CT molecular complexity index is 1230. The van der Waals surface area contributed by atoms with Crippen LogP contribution in [0.25, 0.3) is 11.1 Å². The van der Waals surface area contributed by atoms with Crippen molar-refractivity contribution < 1.29 is 23.8 Å². The maximum Gasteiger partial charge on any atom is 0.410 e. The Hall–Kier alpha value is -3.84. The Kier molecular flexibility index (Phi) is 6.65. The highest BCUT2D eigenvalue weighted by Gasteiger charge is 2.42. The number of rotatable bonds is 4. The molecule has 0 saturated carbocycles. The first-order chi connectivity index (χ1) is 17.4. The van der Waals surface area contributed by atoms with E-state index in [-0.39, 0.29) is 18.6 Å². The van der Waals surface area contributed by atoms with Crippen molar-refractivity contribution in [2.45, 2.75) is 31.8 Å². The first-order valence-electron chi connectivity index (χ1n) is 12.2. The summed E-state index contributed by atoms with van der Waals surface area (Å²) in [5, 5.41) is 0. The first kappa shape index (κ1) is 23.9. The molecule has 7 heteroatoms. The molecule has 0 N–H and O–H groups in total. The van der Waals surface area contributed by atoms with E-state index in [1.54, 1.807) is 23.9 Å². The van der Waals surface area contributed by atoms with Crippen LogP contribution in [0.2, 0.25) is 0 Å². The van der Waals surface area contributed by atoms with E-state index < -0.39 is 5.79 Å². The molecule has 0 aromatic heterocycles. The highest BCUT2D eigenvalue weighted by atomic mass is 16.7. The van der Waals surface area contributed by atoms with Crippen LogP contribution in [0.4, 0.5) is 4.79 Å². The smallest absolute Gasteiger partial charge is 0.410 e.